The first-order valence-corrected chi connectivity index (χ1v) is 6.16. The van der Waals surface area contributed by atoms with Crippen molar-refractivity contribution in [2.45, 2.75) is 0 Å². The van der Waals surface area contributed by atoms with Crippen LogP contribution in [0.3, 0.4) is 0 Å². The molecule has 0 radical (unpaired) electrons. The Morgan fingerprint density at radius 2 is 1.14 bits per heavy atom. The van der Waals surface area contributed by atoms with Gasteiger partial charge >= 0.3 is 11.9 Å². The summed E-state index contributed by atoms with van der Waals surface area (Å²) >= 11 is 0. The van der Waals surface area contributed by atoms with Crippen molar-refractivity contribution in [3.63, 3.8) is 0 Å². The minimum Gasteiger partial charge on any atom is -0.478 e. The van der Waals surface area contributed by atoms with Gasteiger partial charge in [0.25, 0.3) is 0 Å². The SMILES string of the molecule is C#Cc1cc(C(=O)O)ccc1-c1ccc(C(=O)O)cc1C#C. The molecule has 0 unspecified atom stereocenters. The van der Waals surface area contributed by atoms with Crippen molar-refractivity contribution in [3.8, 4) is 35.8 Å². The summed E-state index contributed by atoms with van der Waals surface area (Å²) < 4.78 is 0. The summed E-state index contributed by atoms with van der Waals surface area (Å²) in [6, 6.07) is 8.73. The van der Waals surface area contributed by atoms with Crippen LogP contribution in [0, 0.1) is 24.7 Å². The van der Waals surface area contributed by atoms with E-state index in [1.807, 2.05) is 0 Å². The maximum Gasteiger partial charge on any atom is 0.335 e. The van der Waals surface area contributed by atoms with Crippen molar-refractivity contribution in [2.75, 3.05) is 0 Å². The summed E-state index contributed by atoms with van der Waals surface area (Å²) in [5.74, 6) is 2.70. The summed E-state index contributed by atoms with van der Waals surface area (Å²) in [6.45, 7) is 0. The molecule has 0 atom stereocenters. The van der Waals surface area contributed by atoms with Gasteiger partial charge in [0.05, 0.1) is 11.1 Å². The minimum absolute atomic E-state index is 0.0705. The summed E-state index contributed by atoms with van der Waals surface area (Å²) in [6.07, 6.45) is 10.9. The second-order valence-electron chi connectivity index (χ2n) is 4.42. The first kappa shape index (κ1) is 14.9. The zero-order valence-electron chi connectivity index (χ0n) is 11.3. The molecule has 0 amide bonds. The van der Waals surface area contributed by atoms with Gasteiger partial charge in [-0.1, -0.05) is 24.0 Å². The average molecular weight is 290 g/mol. The number of aromatic carboxylic acids is 2. The van der Waals surface area contributed by atoms with E-state index in [-0.39, 0.29) is 11.1 Å². The van der Waals surface area contributed by atoms with Crippen LogP contribution < -0.4 is 0 Å². The van der Waals surface area contributed by atoms with Gasteiger partial charge in [-0.05, 0) is 35.4 Å². The molecular formula is C18H10O4. The molecular weight excluding hydrogens is 280 g/mol. The van der Waals surface area contributed by atoms with Crippen LogP contribution in [0.4, 0.5) is 0 Å². The molecule has 0 saturated heterocycles. The van der Waals surface area contributed by atoms with Crippen LogP contribution in [0.2, 0.25) is 0 Å². The molecule has 0 aliphatic carbocycles. The lowest BCUT2D eigenvalue weighted by molar-refractivity contribution is 0.0686. The molecule has 0 aliphatic heterocycles. The Balaban J connectivity index is 2.67. The van der Waals surface area contributed by atoms with Gasteiger partial charge in [-0.2, -0.15) is 0 Å². The van der Waals surface area contributed by atoms with E-state index in [1.54, 1.807) is 12.1 Å². The van der Waals surface area contributed by atoms with Crippen molar-refractivity contribution in [2.24, 2.45) is 0 Å². The number of carboxylic acids is 2. The fourth-order valence-corrected chi connectivity index (χ4v) is 2.06. The number of terminal acetylenes is 2. The summed E-state index contributed by atoms with van der Waals surface area (Å²) in [5, 5.41) is 18.0. The van der Waals surface area contributed by atoms with Crippen molar-refractivity contribution in [1.29, 1.82) is 0 Å². The predicted molar refractivity (Wildman–Crippen MR) is 81.7 cm³/mol. The van der Waals surface area contributed by atoms with Gasteiger partial charge in [-0.3, -0.25) is 0 Å². The van der Waals surface area contributed by atoms with E-state index in [0.717, 1.165) is 0 Å². The minimum atomic E-state index is -1.08. The Labute approximate surface area is 127 Å². The molecule has 106 valence electrons. The van der Waals surface area contributed by atoms with Gasteiger partial charge in [0, 0.05) is 11.1 Å². The van der Waals surface area contributed by atoms with Crippen LogP contribution in [0.15, 0.2) is 36.4 Å². The molecule has 22 heavy (non-hydrogen) atoms. The Bertz CT molecular complexity index is 790. The molecule has 4 nitrogen and oxygen atoms in total. The van der Waals surface area contributed by atoms with Crippen LogP contribution >= 0.6 is 0 Å². The second-order valence-corrected chi connectivity index (χ2v) is 4.42. The van der Waals surface area contributed by atoms with Crippen molar-refractivity contribution < 1.29 is 19.8 Å². The lowest BCUT2D eigenvalue weighted by Gasteiger charge is -2.10. The van der Waals surface area contributed by atoms with Gasteiger partial charge in [0.1, 0.15) is 0 Å². The lowest BCUT2D eigenvalue weighted by atomic mass is 9.93. The van der Waals surface area contributed by atoms with Gasteiger partial charge < -0.3 is 10.2 Å². The van der Waals surface area contributed by atoms with Crippen molar-refractivity contribution in [1.82, 2.24) is 0 Å². The standard InChI is InChI=1S/C18H10O4/c1-3-11-9-13(17(19)20)5-7-15(11)16-8-6-14(18(21)22)10-12(16)4-2/h1-2,5-10H,(H,19,20)(H,21,22). The van der Waals surface area contributed by atoms with E-state index in [0.29, 0.717) is 22.3 Å². The molecule has 2 rings (SSSR count). The molecule has 2 N–H and O–H groups in total. The second kappa shape index (κ2) is 5.87. The highest BCUT2D eigenvalue weighted by Crippen LogP contribution is 2.28. The Kier molecular flexibility index (Phi) is 3.97. The molecule has 0 aromatic heterocycles. The summed E-state index contributed by atoms with van der Waals surface area (Å²) in [5.41, 5.74) is 2.05. The van der Waals surface area contributed by atoms with Crippen LogP contribution in [0.5, 0.6) is 0 Å². The Morgan fingerprint density at radius 1 is 0.773 bits per heavy atom. The molecule has 0 saturated carbocycles. The monoisotopic (exact) mass is 290 g/mol. The third-order valence-electron chi connectivity index (χ3n) is 3.13. The van der Waals surface area contributed by atoms with E-state index >= 15 is 0 Å². The topological polar surface area (TPSA) is 74.6 Å². The smallest absolute Gasteiger partial charge is 0.335 e. The Hall–Kier alpha value is -3.50. The van der Waals surface area contributed by atoms with Gasteiger partial charge in [-0.15, -0.1) is 12.8 Å². The number of hydrogen-bond donors (Lipinski definition) is 2. The summed E-state index contributed by atoms with van der Waals surface area (Å²) in [4.78, 5) is 22.0. The Morgan fingerprint density at radius 3 is 1.41 bits per heavy atom. The lowest BCUT2D eigenvalue weighted by Crippen LogP contribution is -2.00. The molecule has 0 fully saturated rings. The molecule has 0 bridgehead atoms. The number of benzene rings is 2. The number of rotatable bonds is 3. The number of hydrogen-bond acceptors (Lipinski definition) is 2. The number of carbonyl (C=O) groups is 2. The van der Waals surface area contributed by atoms with Crippen molar-refractivity contribution >= 4 is 11.9 Å². The first-order valence-electron chi connectivity index (χ1n) is 6.16. The molecule has 4 heteroatoms. The highest BCUT2D eigenvalue weighted by molar-refractivity contribution is 5.92. The first-order chi connectivity index (χ1) is 10.5. The van der Waals surface area contributed by atoms with Gasteiger partial charge in [-0.25, -0.2) is 9.59 Å². The van der Waals surface area contributed by atoms with E-state index < -0.39 is 11.9 Å². The number of carboxylic acid groups (broad SMARTS) is 2. The highest BCUT2D eigenvalue weighted by atomic mass is 16.4. The molecule has 2 aromatic rings. The largest absolute Gasteiger partial charge is 0.478 e. The normalized spacial score (nSPS) is 9.55. The fraction of sp³-hybridized carbons (Fsp3) is 0. The molecule has 2 aromatic carbocycles. The third kappa shape index (κ3) is 2.67. The van der Waals surface area contributed by atoms with E-state index in [9.17, 15) is 9.59 Å². The molecule has 0 spiro atoms. The fourth-order valence-electron chi connectivity index (χ4n) is 2.06. The molecule has 0 aliphatic rings. The maximum absolute atomic E-state index is 11.0. The van der Waals surface area contributed by atoms with Crippen LogP contribution in [0.1, 0.15) is 31.8 Å². The average Bonchev–Trinajstić information content (AvgIpc) is 2.53. The van der Waals surface area contributed by atoms with Crippen LogP contribution in [-0.2, 0) is 0 Å². The van der Waals surface area contributed by atoms with E-state index in [1.165, 1.54) is 24.3 Å². The highest BCUT2D eigenvalue weighted by Gasteiger charge is 2.13. The quantitative estimate of drug-likeness (QED) is 0.852. The third-order valence-corrected chi connectivity index (χ3v) is 3.13. The van der Waals surface area contributed by atoms with Gasteiger partial charge in [0.15, 0.2) is 0 Å². The van der Waals surface area contributed by atoms with Crippen LogP contribution in [0.25, 0.3) is 11.1 Å². The molecule has 0 heterocycles. The predicted octanol–water partition coefficient (Wildman–Crippen LogP) is 2.71. The summed E-state index contributed by atoms with van der Waals surface area (Å²) in [7, 11) is 0. The zero-order chi connectivity index (χ0) is 16.3. The van der Waals surface area contributed by atoms with E-state index in [2.05, 4.69) is 11.8 Å². The zero-order valence-corrected chi connectivity index (χ0v) is 11.3. The van der Waals surface area contributed by atoms with Crippen molar-refractivity contribution in [3.05, 3.63) is 58.7 Å². The van der Waals surface area contributed by atoms with Gasteiger partial charge in [0.2, 0.25) is 0 Å². The van der Waals surface area contributed by atoms with Crippen LogP contribution in [-0.4, -0.2) is 22.2 Å². The van der Waals surface area contributed by atoms with E-state index in [4.69, 9.17) is 23.1 Å². The maximum atomic E-state index is 11.0.